The van der Waals surface area contributed by atoms with Crippen molar-refractivity contribution in [1.82, 2.24) is 15.5 Å². The molecule has 4 nitrogen and oxygen atoms in total. The van der Waals surface area contributed by atoms with Gasteiger partial charge in [0.2, 0.25) is 0 Å². The Morgan fingerprint density at radius 1 is 1.28 bits per heavy atom. The van der Waals surface area contributed by atoms with Gasteiger partial charge in [0, 0.05) is 37.6 Å². The smallest absolute Gasteiger partial charge is 0.261 e. The maximum absolute atomic E-state index is 13.1. The third kappa shape index (κ3) is 4.87. The van der Waals surface area contributed by atoms with Gasteiger partial charge in [0.25, 0.3) is 5.91 Å². The highest BCUT2D eigenvalue weighted by atomic mass is 32.1. The van der Waals surface area contributed by atoms with E-state index in [2.05, 4.69) is 15.5 Å². The summed E-state index contributed by atoms with van der Waals surface area (Å²) in [6.45, 7) is 7.96. The average molecular weight is 361 g/mol. The van der Waals surface area contributed by atoms with Crippen LogP contribution in [0.1, 0.15) is 21.0 Å². The average Bonchev–Trinajstić information content (AvgIpc) is 3.02. The number of hydrogen-bond acceptors (Lipinski definition) is 4. The van der Waals surface area contributed by atoms with Gasteiger partial charge >= 0.3 is 0 Å². The zero-order valence-corrected chi connectivity index (χ0v) is 15.3. The van der Waals surface area contributed by atoms with Gasteiger partial charge in [-0.1, -0.05) is 12.1 Å². The summed E-state index contributed by atoms with van der Waals surface area (Å²) in [6.07, 6.45) is 0.959. The molecule has 1 aromatic heterocycles. The summed E-state index contributed by atoms with van der Waals surface area (Å²) in [5, 5.41) is 6.35. The van der Waals surface area contributed by atoms with Crippen LogP contribution in [0.15, 0.2) is 30.3 Å². The summed E-state index contributed by atoms with van der Waals surface area (Å²) in [5.74, 6) is -0.277. The third-order valence-electron chi connectivity index (χ3n) is 4.44. The molecule has 0 saturated carbocycles. The van der Waals surface area contributed by atoms with E-state index in [0.717, 1.165) is 55.1 Å². The second kappa shape index (κ2) is 8.56. The minimum Gasteiger partial charge on any atom is -0.351 e. The van der Waals surface area contributed by atoms with Gasteiger partial charge in [0.1, 0.15) is 5.82 Å². The zero-order chi connectivity index (χ0) is 17.6. The van der Waals surface area contributed by atoms with E-state index in [1.165, 1.54) is 23.5 Å². The summed E-state index contributed by atoms with van der Waals surface area (Å²) in [5.41, 5.74) is 1.93. The quantitative estimate of drug-likeness (QED) is 0.778. The van der Waals surface area contributed by atoms with Crippen LogP contribution in [0.3, 0.4) is 0 Å². The molecule has 2 aromatic rings. The molecule has 0 spiro atoms. The molecule has 25 heavy (non-hydrogen) atoms. The molecule has 0 radical (unpaired) electrons. The van der Waals surface area contributed by atoms with E-state index in [0.29, 0.717) is 11.4 Å². The topological polar surface area (TPSA) is 44.4 Å². The molecular weight excluding hydrogens is 337 g/mol. The van der Waals surface area contributed by atoms with Gasteiger partial charge in [-0.15, -0.1) is 11.3 Å². The van der Waals surface area contributed by atoms with Crippen LogP contribution in [0.4, 0.5) is 4.39 Å². The molecule has 6 heteroatoms. The molecule has 3 rings (SSSR count). The van der Waals surface area contributed by atoms with Crippen molar-refractivity contribution < 1.29 is 9.18 Å². The second-order valence-electron chi connectivity index (χ2n) is 6.29. The van der Waals surface area contributed by atoms with E-state index in [1.54, 1.807) is 12.1 Å². The molecule has 134 valence electrons. The number of carbonyl (C=O) groups is 1. The van der Waals surface area contributed by atoms with E-state index in [9.17, 15) is 9.18 Å². The number of piperazine rings is 1. The van der Waals surface area contributed by atoms with Gasteiger partial charge in [-0.2, -0.15) is 0 Å². The van der Waals surface area contributed by atoms with E-state index in [4.69, 9.17) is 0 Å². The van der Waals surface area contributed by atoms with Crippen molar-refractivity contribution in [3.05, 3.63) is 45.9 Å². The monoisotopic (exact) mass is 361 g/mol. The number of nitrogens with one attached hydrogen (secondary N) is 2. The standard InChI is InChI=1S/C19H24FN3OS/c1-14-17(15-3-5-16(20)6-4-15)13-18(25-14)19(24)22-7-2-10-23-11-8-21-9-12-23/h3-6,13,21H,2,7-12H2,1H3,(H,22,24). The van der Waals surface area contributed by atoms with Gasteiger partial charge in [-0.25, -0.2) is 4.39 Å². The number of carbonyl (C=O) groups excluding carboxylic acids is 1. The van der Waals surface area contributed by atoms with Crippen molar-refractivity contribution in [2.45, 2.75) is 13.3 Å². The molecule has 1 saturated heterocycles. The van der Waals surface area contributed by atoms with Crippen molar-refractivity contribution >= 4 is 17.2 Å². The minimum absolute atomic E-state index is 0.0261. The predicted octanol–water partition coefficient (Wildman–Crippen LogP) is 2.89. The molecule has 2 N–H and O–H groups in total. The number of benzene rings is 1. The Morgan fingerprint density at radius 2 is 2.00 bits per heavy atom. The minimum atomic E-state index is -0.251. The van der Waals surface area contributed by atoms with E-state index in [-0.39, 0.29) is 11.7 Å². The van der Waals surface area contributed by atoms with E-state index < -0.39 is 0 Å². The maximum Gasteiger partial charge on any atom is 0.261 e. The maximum atomic E-state index is 13.1. The number of hydrogen-bond donors (Lipinski definition) is 2. The van der Waals surface area contributed by atoms with Crippen LogP contribution in [-0.2, 0) is 0 Å². The Bertz CT molecular complexity index is 708. The van der Waals surface area contributed by atoms with E-state index >= 15 is 0 Å². The first kappa shape index (κ1) is 18.0. The molecule has 1 aliphatic heterocycles. The Balaban J connectivity index is 1.52. The van der Waals surface area contributed by atoms with Crippen molar-refractivity contribution in [2.75, 3.05) is 39.3 Å². The molecule has 0 aliphatic carbocycles. The van der Waals surface area contributed by atoms with Crippen LogP contribution < -0.4 is 10.6 Å². The normalized spacial score (nSPS) is 15.3. The molecule has 1 amide bonds. The Kier molecular flexibility index (Phi) is 6.18. The molecule has 1 aliphatic rings. The molecule has 1 fully saturated rings. The molecule has 2 heterocycles. The molecule has 0 atom stereocenters. The highest BCUT2D eigenvalue weighted by molar-refractivity contribution is 7.14. The van der Waals surface area contributed by atoms with Crippen molar-refractivity contribution in [3.63, 3.8) is 0 Å². The highest BCUT2D eigenvalue weighted by Crippen LogP contribution is 2.31. The van der Waals surface area contributed by atoms with Crippen LogP contribution in [-0.4, -0.2) is 50.1 Å². The molecule has 1 aromatic carbocycles. The SMILES string of the molecule is Cc1sc(C(=O)NCCCN2CCNCC2)cc1-c1ccc(F)cc1. The first-order chi connectivity index (χ1) is 12.1. The third-order valence-corrected chi connectivity index (χ3v) is 5.49. The fraction of sp³-hybridized carbons (Fsp3) is 0.421. The number of thiophene rings is 1. The van der Waals surface area contributed by atoms with Gasteiger partial charge in [0.05, 0.1) is 4.88 Å². The van der Waals surface area contributed by atoms with Crippen LogP contribution in [0.2, 0.25) is 0 Å². The van der Waals surface area contributed by atoms with Crippen LogP contribution in [0.5, 0.6) is 0 Å². The molecular formula is C19H24FN3OS. The molecule has 0 unspecified atom stereocenters. The number of halogens is 1. The van der Waals surface area contributed by atoms with Crippen molar-refractivity contribution in [2.24, 2.45) is 0 Å². The lowest BCUT2D eigenvalue weighted by atomic mass is 10.1. The number of nitrogens with zero attached hydrogens (tertiary/aromatic N) is 1. The van der Waals surface area contributed by atoms with Gasteiger partial charge in [0.15, 0.2) is 0 Å². The summed E-state index contributed by atoms with van der Waals surface area (Å²) in [6, 6.07) is 8.29. The molecule has 0 bridgehead atoms. The largest absolute Gasteiger partial charge is 0.351 e. The second-order valence-corrected chi connectivity index (χ2v) is 7.54. The first-order valence-electron chi connectivity index (χ1n) is 8.71. The van der Waals surface area contributed by atoms with Gasteiger partial charge in [-0.05, 0) is 49.2 Å². The fourth-order valence-electron chi connectivity index (χ4n) is 3.04. The first-order valence-corrected chi connectivity index (χ1v) is 9.53. The van der Waals surface area contributed by atoms with Crippen molar-refractivity contribution in [1.29, 1.82) is 0 Å². The summed E-state index contributed by atoms with van der Waals surface area (Å²) < 4.78 is 13.1. The summed E-state index contributed by atoms with van der Waals surface area (Å²) in [4.78, 5) is 16.6. The fourth-order valence-corrected chi connectivity index (χ4v) is 3.99. The number of amides is 1. The van der Waals surface area contributed by atoms with Crippen LogP contribution in [0.25, 0.3) is 11.1 Å². The number of rotatable bonds is 6. The Hall–Kier alpha value is -1.76. The van der Waals surface area contributed by atoms with Gasteiger partial charge < -0.3 is 15.5 Å². The predicted molar refractivity (Wildman–Crippen MR) is 101 cm³/mol. The van der Waals surface area contributed by atoms with Gasteiger partial charge in [-0.3, -0.25) is 4.79 Å². The van der Waals surface area contributed by atoms with Crippen LogP contribution >= 0.6 is 11.3 Å². The van der Waals surface area contributed by atoms with Crippen LogP contribution in [0, 0.1) is 12.7 Å². The lowest BCUT2D eigenvalue weighted by Crippen LogP contribution is -2.44. The zero-order valence-electron chi connectivity index (χ0n) is 14.5. The highest BCUT2D eigenvalue weighted by Gasteiger charge is 2.14. The lowest BCUT2D eigenvalue weighted by Gasteiger charge is -2.27. The Labute approximate surface area is 152 Å². The summed E-state index contributed by atoms with van der Waals surface area (Å²) in [7, 11) is 0. The lowest BCUT2D eigenvalue weighted by molar-refractivity contribution is 0.0955. The van der Waals surface area contributed by atoms with Crippen molar-refractivity contribution in [3.8, 4) is 11.1 Å². The van der Waals surface area contributed by atoms with E-state index in [1.807, 2.05) is 13.0 Å². The summed E-state index contributed by atoms with van der Waals surface area (Å²) >= 11 is 1.48. The number of aryl methyl sites for hydroxylation is 1. The Morgan fingerprint density at radius 3 is 2.72 bits per heavy atom.